The van der Waals surface area contributed by atoms with Gasteiger partial charge in [-0.1, -0.05) is 158 Å². The van der Waals surface area contributed by atoms with Crippen molar-refractivity contribution in [1.29, 1.82) is 0 Å². The van der Waals surface area contributed by atoms with E-state index in [2.05, 4.69) is 199 Å². The average Bonchev–Trinajstić information content (AvgIpc) is 3.88. The maximum absolute atomic E-state index is 6.81. The first-order chi connectivity index (χ1) is 29.2. The van der Waals surface area contributed by atoms with Crippen molar-refractivity contribution < 1.29 is 8.83 Å². The SMILES string of the molecule is c1ccc(-c2ccc(-c3cc4ccccc4c4ccccc34)cc2N(c2cccc(-c3ccc4c(c3)oc3ccccc34)c2)c2cccc3c2oc2ccccc23)cc1. The molecule has 0 spiro atoms. The lowest BCUT2D eigenvalue weighted by Crippen LogP contribution is -2.12. The van der Waals surface area contributed by atoms with Gasteiger partial charge in [0.05, 0.1) is 11.4 Å². The number of nitrogens with zero attached hydrogens (tertiary/aromatic N) is 1. The summed E-state index contributed by atoms with van der Waals surface area (Å²) in [4.78, 5) is 2.39. The van der Waals surface area contributed by atoms with E-state index in [0.29, 0.717) is 0 Å². The van der Waals surface area contributed by atoms with Crippen molar-refractivity contribution >= 4 is 82.5 Å². The van der Waals surface area contributed by atoms with E-state index in [4.69, 9.17) is 8.83 Å². The summed E-state index contributed by atoms with van der Waals surface area (Å²) in [5.74, 6) is 0. The van der Waals surface area contributed by atoms with Gasteiger partial charge in [-0.15, -0.1) is 0 Å². The van der Waals surface area contributed by atoms with Gasteiger partial charge in [0.2, 0.25) is 0 Å². The monoisotopic (exact) mass is 753 g/mol. The van der Waals surface area contributed by atoms with Crippen LogP contribution in [0.1, 0.15) is 0 Å². The lowest BCUT2D eigenvalue weighted by atomic mass is 9.91. The van der Waals surface area contributed by atoms with Crippen LogP contribution in [0, 0.1) is 0 Å². The molecule has 12 aromatic rings. The molecule has 0 aliphatic carbocycles. The van der Waals surface area contributed by atoms with E-state index in [1.165, 1.54) is 27.1 Å². The molecule has 0 N–H and O–H groups in total. The van der Waals surface area contributed by atoms with Crippen molar-refractivity contribution in [1.82, 2.24) is 0 Å². The number of benzene rings is 10. The number of fused-ring (bicyclic) bond motifs is 9. The van der Waals surface area contributed by atoms with Gasteiger partial charge in [0.25, 0.3) is 0 Å². The zero-order chi connectivity index (χ0) is 38.9. The standard InChI is InChI=1S/C56H35NO2/c1-2-14-36(15-3-1)43-30-29-40(50-33-39-16-4-5-19-42(39)44-20-6-7-21-45(44)50)34-52(43)57(51-25-13-24-49-47-23-9-11-27-54(47)59-56(49)51)41-18-12-17-37(32-41)38-28-31-48-46-22-8-10-26-53(46)58-55(48)35-38/h1-35H. The average molecular weight is 754 g/mol. The molecule has 0 saturated carbocycles. The van der Waals surface area contributed by atoms with Crippen molar-refractivity contribution in [3.63, 3.8) is 0 Å². The van der Waals surface area contributed by atoms with Crippen LogP contribution in [0.5, 0.6) is 0 Å². The van der Waals surface area contributed by atoms with Crippen molar-refractivity contribution in [3.05, 3.63) is 212 Å². The number of rotatable bonds is 6. The maximum atomic E-state index is 6.81. The van der Waals surface area contributed by atoms with Gasteiger partial charge in [-0.2, -0.15) is 0 Å². The van der Waals surface area contributed by atoms with Gasteiger partial charge in [0.1, 0.15) is 16.7 Å². The molecular weight excluding hydrogens is 719 g/mol. The quantitative estimate of drug-likeness (QED) is 0.158. The lowest BCUT2D eigenvalue weighted by molar-refractivity contribution is 0.669. The lowest BCUT2D eigenvalue weighted by Gasteiger charge is -2.29. The molecule has 0 saturated heterocycles. The predicted molar refractivity (Wildman–Crippen MR) is 247 cm³/mol. The molecule has 10 aromatic carbocycles. The summed E-state index contributed by atoms with van der Waals surface area (Å²) in [6.07, 6.45) is 0. The Labute approximate surface area is 340 Å². The Morgan fingerprint density at radius 3 is 1.75 bits per heavy atom. The summed E-state index contributed by atoms with van der Waals surface area (Å²) in [6.45, 7) is 0. The second kappa shape index (κ2) is 13.4. The van der Waals surface area contributed by atoms with Crippen LogP contribution in [0.3, 0.4) is 0 Å². The Kier molecular flexibility index (Phi) is 7.54. The normalized spacial score (nSPS) is 11.7. The second-order valence-corrected chi connectivity index (χ2v) is 15.2. The number of hydrogen-bond donors (Lipinski definition) is 0. The van der Waals surface area contributed by atoms with Crippen LogP contribution >= 0.6 is 0 Å². The molecule has 3 nitrogen and oxygen atoms in total. The predicted octanol–water partition coefficient (Wildman–Crippen LogP) is 16.3. The molecule has 59 heavy (non-hydrogen) atoms. The van der Waals surface area contributed by atoms with E-state index < -0.39 is 0 Å². The summed E-state index contributed by atoms with van der Waals surface area (Å²) in [5, 5.41) is 9.34. The van der Waals surface area contributed by atoms with Crippen molar-refractivity contribution in [2.45, 2.75) is 0 Å². The molecule has 0 fully saturated rings. The molecule has 3 heteroatoms. The molecule has 0 radical (unpaired) electrons. The van der Waals surface area contributed by atoms with Crippen LogP contribution in [0.4, 0.5) is 17.1 Å². The van der Waals surface area contributed by atoms with Crippen molar-refractivity contribution in [3.8, 4) is 33.4 Å². The van der Waals surface area contributed by atoms with Gasteiger partial charge in [0, 0.05) is 32.8 Å². The van der Waals surface area contributed by atoms with Crippen molar-refractivity contribution in [2.75, 3.05) is 4.90 Å². The number of para-hydroxylation sites is 3. The fourth-order valence-corrected chi connectivity index (χ4v) is 9.09. The van der Waals surface area contributed by atoms with E-state index in [1.807, 2.05) is 18.2 Å². The Bertz CT molecular complexity index is 3580. The van der Waals surface area contributed by atoms with Gasteiger partial charge in [-0.3, -0.25) is 0 Å². The summed E-state index contributed by atoms with van der Waals surface area (Å²) in [6, 6.07) is 75.9. The third-order valence-corrected chi connectivity index (χ3v) is 11.8. The summed E-state index contributed by atoms with van der Waals surface area (Å²) in [5.41, 5.74) is 13.2. The number of anilines is 3. The molecule has 2 heterocycles. The molecule has 2 aromatic heterocycles. The fourth-order valence-electron chi connectivity index (χ4n) is 9.09. The molecule has 12 rings (SSSR count). The molecule has 0 aliphatic rings. The summed E-state index contributed by atoms with van der Waals surface area (Å²) >= 11 is 0. The van der Waals surface area contributed by atoms with E-state index >= 15 is 0 Å². The van der Waals surface area contributed by atoms with E-state index in [9.17, 15) is 0 Å². The first kappa shape index (κ1) is 33.3. The van der Waals surface area contributed by atoms with Gasteiger partial charge in [0.15, 0.2) is 5.58 Å². The van der Waals surface area contributed by atoms with Gasteiger partial charge in [-0.25, -0.2) is 0 Å². The zero-order valence-corrected chi connectivity index (χ0v) is 32.0. The number of hydrogen-bond acceptors (Lipinski definition) is 3. The molecule has 0 bridgehead atoms. The molecule has 0 aliphatic heterocycles. The van der Waals surface area contributed by atoms with Crippen LogP contribution in [-0.4, -0.2) is 0 Å². The molecular formula is C56H35NO2. The summed E-state index contributed by atoms with van der Waals surface area (Å²) in [7, 11) is 0. The van der Waals surface area contributed by atoms with Gasteiger partial charge in [-0.05, 0) is 104 Å². The van der Waals surface area contributed by atoms with Crippen LogP contribution in [-0.2, 0) is 0 Å². The molecule has 276 valence electrons. The highest BCUT2D eigenvalue weighted by Crippen LogP contribution is 2.48. The van der Waals surface area contributed by atoms with E-state index in [0.717, 1.165) is 88.8 Å². The van der Waals surface area contributed by atoms with Gasteiger partial charge >= 0.3 is 0 Å². The van der Waals surface area contributed by atoms with Crippen molar-refractivity contribution in [2.24, 2.45) is 0 Å². The maximum Gasteiger partial charge on any atom is 0.159 e. The first-order valence-corrected chi connectivity index (χ1v) is 20.1. The highest BCUT2D eigenvalue weighted by molar-refractivity contribution is 6.15. The Balaban J connectivity index is 1.13. The highest BCUT2D eigenvalue weighted by Gasteiger charge is 2.24. The minimum Gasteiger partial charge on any atom is -0.456 e. The zero-order valence-electron chi connectivity index (χ0n) is 32.0. The Morgan fingerprint density at radius 2 is 0.898 bits per heavy atom. The summed E-state index contributed by atoms with van der Waals surface area (Å²) < 4.78 is 13.2. The van der Waals surface area contributed by atoms with Crippen LogP contribution in [0.2, 0.25) is 0 Å². The largest absolute Gasteiger partial charge is 0.456 e. The third-order valence-electron chi connectivity index (χ3n) is 11.8. The number of furan rings is 2. The van der Waals surface area contributed by atoms with E-state index in [-0.39, 0.29) is 0 Å². The highest BCUT2D eigenvalue weighted by atomic mass is 16.3. The molecule has 0 atom stereocenters. The molecule has 0 amide bonds. The van der Waals surface area contributed by atoms with Crippen LogP contribution < -0.4 is 4.90 Å². The molecule has 0 unspecified atom stereocenters. The second-order valence-electron chi connectivity index (χ2n) is 15.2. The Hall–Kier alpha value is -7.88. The van der Waals surface area contributed by atoms with Crippen LogP contribution in [0.15, 0.2) is 221 Å². The van der Waals surface area contributed by atoms with Crippen LogP contribution in [0.25, 0.3) is 98.8 Å². The minimum atomic E-state index is 0.836. The fraction of sp³-hybridized carbons (Fsp3) is 0. The third kappa shape index (κ3) is 5.44. The smallest absolute Gasteiger partial charge is 0.159 e. The van der Waals surface area contributed by atoms with Gasteiger partial charge < -0.3 is 13.7 Å². The van der Waals surface area contributed by atoms with E-state index in [1.54, 1.807) is 0 Å². The first-order valence-electron chi connectivity index (χ1n) is 20.1. The minimum absolute atomic E-state index is 0.836. The topological polar surface area (TPSA) is 29.5 Å². The Morgan fingerprint density at radius 1 is 0.288 bits per heavy atom.